The lowest BCUT2D eigenvalue weighted by Crippen LogP contribution is -2.10. The van der Waals surface area contributed by atoms with Gasteiger partial charge in [-0.3, -0.25) is 0 Å². The lowest BCUT2D eigenvalue weighted by molar-refractivity contribution is 0.669. The number of rotatable bonds is 6. The molecule has 0 fully saturated rings. The Morgan fingerprint density at radius 3 is 1.93 bits per heavy atom. The van der Waals surface area contributed by atoms with Crippen LogP contribution in [-0.2, 0) is 0 Å². The number of hydrogen-bond acceptors (Lipinski definition) is 4. The van der Waals surface area contributed by atoms with E-state index in [0.717, 1.165) is 52.8 Å². The highest BCUT2D eigenvalue weighted by Gasteiger charge is 2.22. The lowest BCUT2D eigenvalue weighted by Gasteiger charge is -2.28. The van der Waals surface area contributed by atoms with E-state index in [2.05, 4.69) is 12.1 Å². The van der Waals surface area contributed by atoms with Crippen LogP contribution in [0.15, 0.2) is 198 Å². The van der Waals surface area contributed by atoms with E-state index in [1.807, 2.05) is 72.8 Å². The van der Waals surface area contributed by atoms with Crippen LogP contribution in [0.1, 0.15) is 19.2 Å². The summed E-state index contributed by atoms with van der Waals surface area (Å²) in [6.45, 7) is 0. The van der Waals surface area contributed by atoms with Crippen molar-refractivity contribution in [3.63, 3.8) is 0 Å². The van der Waals surface area contributed by atoms with Crippen molar-refractivity contribution in [2.45, 2.75) is 0 Å². The van der Waals surface area contributed by atoms with Crippen molar-refractivity contribution >= 4 is 82.1 Å². The molecule has 0 bridgehead atoms. The minimum Gasteiger partial charge on any atom is -0.456 e. The standard InChI is InChI=1S/C51H32N2OS/c1-3-13-33(14-4-1)34-23-25-38(26-24-34)53(37-17-5-2-6-18-37)47-28-27-40(39-19-9-10-20-41(39)47)42-31-44-43-29-35-15-7-8-16-36(35)30-48(43)54-49(44)32-45(42)51-52-46-21-11-12-22-50(46)55-51/h1-32H/i1D,2D,3D,4D,5D,6D,13D,14D,17D,18D,23D,24D,25D,26D. The van der Waals surface area contributed by atoms with Crippen LogP contribution < -0.4 is 4.90 Å². The van der Waals surface area contributed by atoms with Crippen molar-refractivity contribution in [2.75, 3.05) is 4.90 Å². The normalized spacial score (nSPS) is 15.2. The zero-order chi connectivity index (χ0) is 48.5. The fourth-order valence-corrected chi connectivity index (χ4v) is 8.23. The highest BCUT2D eigenvalue weighted by atomic mass is 32.1. The molecular formula is C51H32N2OS. The van der Waals surface area contributed by atoms with E-state index in [0.29, 0.717) is 27.5 Å². The second-order valence-electron chi connectivity index (χ2n) is 12.9. The minimum atomic E-state index is -0.781. The molecule has 11 aromatic rings. The summed E-state index contributed by atoms with van der Waals surface area (Å²) in [6.07, 6.45) is 0. The summed E-state index contributed by atoms with van der Waals surface area (Å²) in [6, 6.07) is 24.4. The first-order chi connectivity index (χ1) is 33.1. The van der Waals surface area contributed by atoms with Gasteiger partial charge in [-0.1, -0.05) is 127 Å². The Balaban J connectivity index is 1.22. The Morgan fingerprint density at radius 2 is 1.13 bits per heavy atom. The molecule has 0 aliphatic carbocycles. The molecule has 0 saturated carbocycles. The maximum Gasteiger partial charge on any atom is 0.136 e. The van der Waals surface area contributed by atoms with Gasteiger partial charge in [-0.25, -0.2) is 4.98 Å². The average Bonchev–Trinajstić information content (AvgIpc) is 3.95. The van der Waals surface area contributed by atoms with E-state index in [4.69, 9.17) is 20.4 Å². The molecule has 0 spiro atoms. The van der Waals surface area contributed by atoms with E-state index in [9.17, 15) is 8.22 Å². The molecule has 2 heterocycles. The first-order valence-corrected chi connectivity index (χ1v) is 18.2. The molecule has 0 aliphatic heterocycles. The number of anilines is 3. The molecule has 0 atom stereocenters. The van der Waals surface area contributed by atoms with Gasteiger partial charge in [0, 0.05) is 33.1 Å². The van der Waals surface area contributed by atoms with Crippen molar-refractivity contribution in [1.29, 1.82) is 0 Å². The smallest absolute Gasteiger partial charge is 0.136 e. The third-order valence-corrected chi connectivity index (χ3v) is 10.8. The second-order valence-corrected chi connectivity index (χ2v) is 13.9. The van der Waals surface area contributed by atoms with Crippen LogP contribution in [0.2, 0.25) is 0 Å². The number of hydrogen-bond donors (Lipinski definition) is 0. The first-order valence-electron chi connectivity index (χ1n) is 24.4. The molecule has 4 heteroatoms. The molecule has 2 aromatic heterocycles. The molecule has 0 unspecified atom stereocenters. The monoisotopic (exact) mass is 734 g/mol. The molecule has 0 saturated heterocycles. The number of nitrogens with zero attached hydrogens (tertiary/aromatic N) is 2. The van der Waals surface area contributed by atoms with Gasteiger partial charge in [0.2, 0.25) is 0 Å². The van der Waals surface area contributed by atoms with Gasteiger partial charge in [-0.2, -0.15) is 0 Å². The van der Waals surface area contributed by atoms with Gasteiger partial charge >= 0.3 is 0 Å². The summed E-state index contributed by atoms with van der Waals surface area (Å²) in [7, 11) is 0. The van der Waals surface area contributed by atoms with Crippen molar-refractivity contribution in [3.8, 4) is 32.8 Å². The van der Waals surface area contributed by atoms with Gasteiger partial charge in [0.25, 0.3) is 0 Å². The van der Waals surface area contributed by atoms with Crippen molar-refractivity contribution in [1.82, 2.24) is 4.98 Å². The molecule has 9 aromatic carbocycles. The van der Waals surface area contributed by atoms with Crippen molar-refractivity contribution < 1.29 is 23.6 Å². The lowest BCUT2D eigenvalue weighted by atomic mass is 9.92. The number of aromatic nitrogens is 1. The Kier molecular flexibility index (Phi) is 4.77. The van der Waals surface area contributed by atoms with Crippen LogP contribution in [0.3, 0.4) is 0 Å². The summed E-state index contributed by atoms with van der Waals surface area (Å²) in [5.74, 6) is 0. The van der Waals surface area contributed by atoms with Gasteiger partial charge in [0.05, 0.1) is 35.1 Å². The van der Waals surface area contributed by atoms with Crippen LogP contribution in [0.25, 0.3) is 86.5 Å². The first kappa shape index (κ1) is 20.4. The Bertz CT molecular complexity index is 3940. The summed E-state index contributed by atoms with van der Waals surface area (Å²) >= 11 is 1.52. The van der Waals surface area contributed by atoms with Crippen molar-refractivity contribution in [3.05, 3.63) is 194 Å². The van der Waals surface area contributed by atoms with Crippen molar-refractivity contribution in [2.24, 2.45) is 0 Å². The number of para-hydroxylation sites is 2. The Morgan fingerprint density at radius 1 is 0.491 bits per heavy atom. The zero-order valence-electron chi connectivity index (χ0n) is 42.6. The van der Waals surface area contributed by atoms with E-state index >= 15 is 0 Å². The largest absolute Gasteiger partial charge is 0.456 e. The van der Waals surface area contributed by atoms with Gasteiger partial charge in [0.15, 0.2) is 0 Å². The molecule has 0 N–H and O–H groups in total. The zero-order valence-corrected chi connectivity index (χ0v) is 29.4. The van der Waals surface area contributed by atoms with Gasteiger partial charge in [-0.15, -0.1) is 11.3 Å². The molecule has 55 heavy (non-hydrogen) atoms. The summed E-state index contributed by atoms with van der Waals surface area (Å²) in [4.78, 5) is 6.19. The van der Waals surface area contributed by atoms with Crippen LogP contribution in [-0.4, -0.2) is 4.98 Å². The molecule has 0 aliphatic rings. The van der Waals surface area contributed by atoms with Gasteiger partial charge in [-0.05, 0) is 105 Å². The summed E-state index contributed by atoms with van der Waals surface area (Å²) in [5, 5.41) is 5.55. The molecule has 0 amide bonds. The van der Waals surface area contributed by atoms with E-state index < -0.39 is 107 Å². The third-order valence-electron chi connectivity index (χ3n) is 9.73. The third kappa shape index (κ3) is 5.38. The number of thiazole rings is 1. The molecule has 3 nitrogen and oxygen atoms in total. The summed E-state index contributed by atoms with van der Waals surface area (Å²) < 4.78 is 131. The molecule has 0 radical (unpaired) electrons. The quantitative estimate of drug-likeness (QED) is 0.170. The average molecular weight is 735 g/mol. The fourth-order valence-electron chi connectivity index (χ4n) is 7.23. The number of benzene rings is 9. The summed E-state index contributed by atoms with van der Waals surface area (Å²) in [5.41, 5.74) is 2.42. The maximum absolute atomic E-state index is 9.51. The van der Waals surface area contributed by atoms with E-state index in [1.165, 1.54) is 11.3 Å². The Hall–Kier alpha value is -7.01. The molecule has 11 rings (SSSR count). The topological polar surface area (TPSA) is 29.3 Å². The van der Waals surface area contributed by atoms with Crippen LogP contribution >= 0.6 is 11.3 Å². The predicted octanol–water partition coefficient (Wildman–Crippen LogP) is 15.0. The number of fused-ring (bicyclic) bond motifs is 6. The Labute approximate surface area is 341 Å². The van der Waals surface area contributed by atoms with Gasteiger partial charge < -0.3 is 9.32 Å². The highest BCUT2D eigenvalue weighted by molar-refractivity contribution is 7.21. The van der Waals surface area contributed by atoms with E-state index in [-0.39, 0.29) is 5.69 Å². The molecular weight excluding hydrogens is 689 g/mol. The maximum atomic E-state index is 9.51. The second kappa shape index (κ2) is 12.8. The SMILES string of the molecule is [2H]c1c([2H])c([2H])c(-c2c([2H])c([2H])c(N(c3c([2H])c([2H])c([2H])c([2H])c3[2H])c3ccc(-c4cc5c(cc4-c4nc6ccccc6s4)oc4cc6ccccc6cc45)c4ccccc34)c([2H])c2[2H])c([2H])c1[2H]. The highest BCUT2D eigenvalue weighted by Crippen LogP contribution is 2.47. The van der Waals surface area contributed by atoms with E-state index in [1.54, 1.807) is 24.3 Å². The fraction of sp³-hybridized carbons (Fsp3) is 0. The number of furan rings is 1. The predicted molar refractivity (Wildman–Crippen MR) is 233 cm³/mol. The molecule has 258 valence electrons. The van der Waals surface area contributed by atoms with Crippen LogP contribution in [0.5, 0.6) is 0 Å². The van der Waals surface area contributed by atoms with Crippen LogP contribution in [0, 0.1) is 0 Å². The minimum absolute atomic E-state index is 0.132. The van der Waals surface area contributed by atoms with Gasteiger partial charge in [0.1, 0.15) is 16.2 Å². The van der Waals surface area contributed by atoms with Crippen LogP contribution in [0.4, 0.5) is 17.1 Å².